The summed E-state index contributed by atoms with van der Waals surface area (Å²) in [5.74, 6) is -2.90. The first-order chi connectivity index (χ1) is 28.6. The van der Waals surface area contributed by atoms with E-state index in [1.165, 1.54) is 77.0 Å². The number of nitrogens with two attached hydrogens (primary N) is 1. The van der Waals surface area contributed by atoms with Gasteiger partial charge in [-0.15, -0.1) is 12.6 Å². The van der Waals surface area contributed by atoms with E-state index in [0.29, 0.717) is 51.8 Å². The number of carboxylic acid groups (broad SMARTS) is 2. The number of rotatable bonds is 44. The molecule has 0 aromatic heterocycles. The Morgan fingerprint density at radius 1 is 0.542 bits per heavy atom. The number of unbranched alkanes of at least 4 members (excludes halogenated alkanes) is 15. The van der Waals surface area contributed by atoms with Gasteiger partial charge in [0.1, 0.15) is 25.3 Å². The molecule has 0 spiro atoms. The van der Waals surface area contributed by atoms with Crippen molar-refractivity contribution in [2.45, 2.75) is 154 Å². The van der Waals surface area contributed by atoms with Gasteiger partial charge in [-0.2, -0.15) is 0 Å². The van der Waals surface area contributed by atoms with Crippen LogP contribution in [0.3, 0.4) is 0 Å². The molecular formula is C42H79N5O11S. The zero-order valence-corrected chi connectivity index (χ0v) is 36.8. The van der Waals surface area contributed by atoms with Gasteiger partial charge in [0.05, 0.1) is 39.6 Å². The van der Waals surface area contributed by atoms with Crippen LogP contribution >= 0.6 is 12.6 Å². The molecule has 0 aromatic carbocycles. The first-order valence-electron chi connectivity index (χ1n) is 22.0. The summed E-state index contributed by atoms with van der Waals surface area (Å²) in [6, 6.07) is -1.86. The second kappa shape index (κ2) is 41.8. The Balaban J connectivity index is 3.74. The SMILES string of the molecule is CCCCCCCCCCCCCCCCCC(=O)NC(CC/C(=C\S)NCCOCCOCC(=O)NCCOCCOCC(=O)NCCCCC(N)C(=O)O)C(=O)O. The van der Waals surface area contributed by atoms with Crippen molar-refractivity contribution in [1.29, 1.82) is 0 Å². The summed E-state index contributed by atoms with van der Waals surface area (Å²) >= 11 is 4.23. The number of aliphatic carboxylic acids is 2. The fraction of sp³-hybridized carbons (Fsp3) is 0.833. The Morgan fingerprint density at radius 3 is 1.51 bits per heavy atom. The Morgan fingerprint density at radius 2 is 1.02 bits per heavy atom. The van der Waals surface area contributed by atoms with Gasteiger partial charge in [0, 0.05) is 31.8 Å². The lowest BCUT2D eigenvalue weighted by molar-refractivity contribution is -0.142. The summed E-state index contributed by atoms with van der Waals surface area (Å²) in [5, 5.41) is 31.2. The Hall–Kier alpha value is -2.96. The molecule has 17 heteroatoms. The van der Waals surface area contributed by atoms with Gasteiger partial charge in [-0.3, -0.25) is 19.2 Å². The summed E-state index contributed by atoms with van der Waals surface area (Å²) in [6.45, 7) is 4.77. The van der Waals surface area contributed by atoms with E-state index in [9.17, 15) is 29.1 Å². The zero-order valence-electron chi connectivity index (χ0n) is 36.0. The van der Waals surface area contributed by atoms with Gasteiger partial charge >= 0.3 is 11.9 Å². The number of nitrogens with one attached hydrogen (secondary N) is 4. The largest absolute Gasteiger partial charge is 0.480 e. The molecule has 0 heterocycles. The monoisotopic (exact) mass is 862 g/mol. The van der Waals surface area contributed by atoms with Crippen LogP contribution in [0.5, 0.6) is 0 Å². The topological polar surface area (TPSA) is 237 Å². The van der Waals surface area contributed by atoms with E-state index in [1.807, 2.05) is 0 Å². The standard InChI is InChI=1S/C42H79N5O11S/c1-2-3-4-5-6-7-8-9-10-11-12-13-14-15-16-20-38(48)47-37(42(53)54)22-21-35(34-59)44-24-26-55-28-30-58-33-40(50)46-25-27-56-29-31-57-32-39(49)45-23-18-17-19-36(43)41(51)52/h34,36-37,44,59H,2-33,43H2,1H3,(H,45,49)(H,46,50)(H,47,48)(H,51,52)(H,53,54)/b35-34+. The fourth-order valence-corrected chi connectivity index (χ4v) is 6.16. The minimum Gasteiger partial charge on any atom is -0.480 e. The number of thiol groups is 1. The molecule has 2 unspecified atom stereocenters. The normalized spacial score (nSPS) is 12.5. The van der Waals surface area contributed by atoms with Crippen molar-refractivity contribution in [3.05, 3.63) is 11.1 Å². The number of carbonyl (C=O) groups is 5. The number of amides is 3. The van der Waals surface area contributed by atoms with Gasteiger partial charge in [-0.05, 0) is 43.9 Å². The number of carbonyl (C=O) groups excluding carboxylic acids is 3. The van der Waals surface area contributed by atoms with Gasteiger partial charge in [0.25, 0.3) is 0 Å². The first kappa shape index (κ1) is 56.0. The molecule has 0 fully saturated rings. The minimum atomic E-state index is -1.06. The number of hydrogen-bond donors (Lipinski definition) is 8. The first-order valence-corrected chi connectivity index (χ1v) is 22.5. The number of carboxylic acids is 2. The predicted molar refractivity (Wildman–Crippen MR) is 232 cm³/mol. The fourth-order valence-electron chi connectivity index (χ4n) is 5.94. The molecule has 0 rings (SSSR count). The van der Waals surface area contributed by atoms with Crippen molar-refractivity contribution >= 4 is 42.3 Å². The van der Waals surface area contributed by atoms with Gasteiger partial charge in [0.15, 0.2) is 0 Å². The predicted octanol–water partition coefficient (Wildman–Crippen LogP) is 4.84. The Kier molecular flexibility index (Phi) is 39.7. The van der Waals surface area contributed by atoms with E-state index < -0.39 is 24.0 Å². The number of hydrogen-bond acceptors (Lipinski definition) is 12. The summed E-state index contributed by atoms with van der Waals surface area (Å²) < 4.78 is 21.5. The van der Waals surface area contributed by atoms with E-state index in [0.717, 1.165) is 25.0 Å². The maximum Gasteiger partial charge on any atom is 0.326 e. The van der Waals surface area contributed by atoms with Crippen LogP contribution in [-0.4, -0.2) is 124 Å². The van der Waals surface area contributed by atoms with E-state index in [1.54, 1.807) is 5.41 Å². The lowest BCUT2D eigenvalue weighted by Crippen LogP contribution is -2.41. The quantitative estimate of drug-likeness (QED) is 0.0303. The molecule has 8 N–H and O–H groups in total. The summed E-state index contributed by atoms with van der Waals surface area (Å²) in [7, 11) is 0. The number of allylic oxidation sites excluding steroid dienone is 1. The highest BCUT2D eigenvalue weighted by Crippen LogP contribution is 2.14. The van der Waals surface area contributed by atoms with E-state index in [4.69, 9.17) is 29.8 Å². The van der Waals surface area contributed by atoms with Crippen LogP contribution in [-0.2, 0) is 42.9 Å². The highest BCUT2D eigenvalue weighted by atomic mass is 32.1. The van der Waals surface area contributed by atoms with Crippen molar-refractivity contribution in [2.24, 2.45) is 5.73 Å². The molecule has 2 atom stereocenters. The molecule has 0 aliphatic heterocycles. The van der Waals surface area contributed by atoms with Crippen molar-refractivity contribution in [3.8, 4) is 0 Å². The Labute approximate surface area is 359 Å². The van der Waals surface area contributed by atoms with E-state index in [-0.39, 0.29) is 76.9 Å². The van der Waals surface area contributed by atoms with Crippen LogP contribution < -0.4 is 27.0 Å². The molecule has 3 amide bonds. The maximum absolute atomic E-state index is 12.4. The summed E-state index contributed by atoms with van der Waals surface area (Å²) in [5.41, 5.74) is 6.16. The smallest absolute Gasteiger partial charge is 0.326 e. The minimum absolute atomic E-state index is 0.114. The third kappa shape index (κ3) is 39.0. The average Bonchev–Trinajstić information content (AvgIpc) is 3.21. The summed E-state index contributed by atoms with van der Waals surface area (Å²) in [6.07, 6.45) is 21.3. The number of ether oxygens (including phenoxy) is 4. The third-order valence-electron chi connectivity index (χ3n) is 9.46. The van der Waals surface area contributed by atoms with Crippen molar-refractivity contribution in [3.63, 3.8) is 0 Å². The third-order valence-corrected chi connectivity index (χ3v) is 9.77. The van der Waals surface area contributed by atoms with Crippen LogP contribution in [0.1, 0.15) is 142 Å². The molecule has 59 heavy (non-hydrogen) atoms. The molecule has 0 aromatic rings. The van der Waals surface area contributed by atoms with Crippen LogP contribution in [0.15, 0.2) is 11.1 Å². The molecule has 16 nitrogen and oxygen atoms in total. The lowest BCUT2D eigenvalue weighted by Gasteiger charge is -2.16. The van der Waals surface area contributed by atoms with Gasteiger partial charge in [0.2, 0.25) is 17.7 Å². The molecular weight excluding hydrogens is 783 g/mol. The second-order valence-electron chi connectivity index (χ2n) is 14.7. The van der Waals surface area contributed by atoms with Gasteiger partial charge < -0.3 is 56.2 Å². The average molecular weight is 862 g/mol. The molecule has 0 saturated carbocycles. The van der Waals surface area contributed by atoms with Crippen LogP contribution in [0.25, 0.3) is 0 Å². The highest BCUT2D eigenvalue weighted by molar-refractivity contribution is 7.83. The highest BCUT2D eigenvalue weighted by Gasteiger charge is 2.20. The summed E-state index contributed by atoms with van der Waals surface area (Å²) in [4.78, 5) is 58.6. The van der Waals surface area contributed by atoms with Gasteiger partial charge in [-0.25, -0.2) is 4.79 Å². The van der Waals surface area contributed by atoms with E-state index in [2.05, 4.69) is 40.8 Å². The van der Waals surface area contributed by atoms with Crippen LogP contribution in [0, 0.1) is 0 Å². The molecule has 0 bridgehead atoms. The van der Waals surface area contributed by atoms with Crippen molar-refractivity contribution < 1.29 is 53.1 Å². The molecule has 0 radical (unpaired) electrons. The molecule has 0 aliphatic rings. The molecule has 0 saturated heterocycles. The van der Waals surface area contributed by atoms with Crippen LogP contribution in [0.4, 0.5) is 0 Å². The second-order valence-corrected chi connectivity index (χ2v) is 15.0. The lowest BCUT2D eigenvalue weighted by atomic mass is 10.0. The maximum atomic E-state index is 12.4. The van der Waals surface area contributed by atoms with Gasteiger partial charge in [-0.1, -0.05) is 96.8 Å². The Bertz CT molecular complexity index is 1120. The molecule has 0 aliphatic carbocycles. The molecule has 344 valence electrons. The zero-order chi connectivity index (χ0) is 43.6. The van der Waals surface area contributed by atoms with Crippen molar-refractivity contribution in [1.82, 2.24) is 21.3 Å². The van der Waals surface area contributed by atoms with Crippen LogP contribution in [0.2, 0.25) is 0 Å². The van der Waals surface area contributed by atoms with Crippen molar-refractivity contribution in [2.75, 3.05) is 72.5 Å². The van der Waals surface area contributed by atoms with E-state index >= 15 is 0 Å².